The first-order valence-electron chi connectivity index (χ1n) is 7.46. The van der Waals surface area contributed by atoms with Crippen LogP contribution in [0, 0.1) is 5.41 Å². The van der Waals surface area contributed by atoms with Crippen molar-refractivity contribution in [2.75, 3.05) is 11.9 Å². The Hall–Kier alpha value is -1.76. The Morgan fingerprint density at radius 1 is 1.17 bits per heavy atom. The quantitative estimate of drug-likeness (QED) is 0.586. The molecule has 1 aromatic carbocycles. The van der Waals surface area contributed by atoms with Gasteiger partial charge in [0.2, 0.25) is 11.8 Å². The molecule has 0 atom stereocenters. The van der Waals surface area contributed by atoms with Gasteiger partial charge < -0.3 is 10.6 Å². The summed E-state index contributed by atoms with van der Waals surface area (Å²) in [5.74, 6) is -1.37. The van der Waals surface area contributed by atoms with E-state index in [1.165, 1.54) is 19.9 Å². The molecule has 1 rings (SSSR count). The average Bonchev–Trinajstić information content (AvgIpc) is 2.47. The Morgan fingerprint density at radius 3 is 2.33 bits per heavy atom. The van der Waals surface area contributed by atoms with Gasteiger partial charge in [0.25, 0.3) is 0 Å². The average molecular weight is 365 g/mol. The molecule has 24 heavy (non-hydrogen) atoms. The second-order valence-electron chi connectivity index (χ2n) is 5.88. The molecular weight excluding hydrogens is 345 g/mol. The van der Waals surface area contributed by atoms with Crippen LogP contribution in [-0.4, -0.2) is 18.4 Å². The van der Waals surface area contributed by atoms with Gasteiger partial charge in [-0.15, -0.1) is 0 Å². The smallest absolute Gasteiger partial charge is 0.355 e. The van der Waals surface area contributed by atoms with Gasteiger partial charge in [-0.2, -0.15) is 13.2 Å². The topological polar surface area (TPSA) is 58.2 Å². The maximum Gasteiger partial charge on any atom is 0.418 e. The van der Waals surface area contributed by atoms with Crippen molar-refractivity contribution in [3.05, 3.63) is 28.8 Å². The monoisotopic (exact) mass is 364 g/mol. The molecule has 0 aromatic heterocycles. The number of unbranched alkanes of at least 4 members (excludes halogenated alkanes) is 1. The summed E-state index contributed by atoms with van der Waals surface area (Å²) in [6.45, 7) is 5.06. The molecule has 2 N–H and O–H groups in total. The minimum Gasteiger partial charge on any atom is -0.355 e. The number of hydrogen-bond acceptors (Lipinski definition) is 2. The maximum atomic E-state index is 13.1. The molecule has 0 unspecified atom stereocenters. The van der Waals surface area contributed by atoms with E-state index in [1.807, 2.05) is 6.92 Å². The number of alkyl halides is 3. The lowest BCUT2D eigenvalue weighted by molar-refractivity contribution is -0.138. The van der Waals surface area contributed by atoms with Crippen molar-refractivity contribution in [2.24, 2.45) is 5.41 Å². The van der Waals surface area contributed by atoms with E-state index < -0.39 is 34.7 Å². The molecule has 2 amide bonds. The van der Waals surface area contributed by atoms with E-state index in [9.17, 15) is 22.8 Å². The summed E-state index contributed by atoms with van der Waals surface area (Å²) in [5, 5.41) is 4.68. The van der Waals surface area contributed by atoms with Crippen molar-refractivity contribution in [2.45, 2.75) is 39.8 Å². The molecule has 0 aliphatic rings. The summed E-state index contributed by atoms with van der Waals surface area (Å²) in [6.07, 6.45) is -3.06. The highest BCUT2D eigenvalue weighted by molar-refractivity contribution is 6.30. The van der Waals surface area contributed by atoms with Crippen molar-refractivity contribution in [3.8, 4) is 0 Å². The molecule has 0 radical (unpaired) electrons. The van der Waals surface area contributed by atoms with Crippen LogP contribution in [0.4, 0.5) is 18.9 Å². The summed E-state index contributed by atoms with van der Waals surface area (Å²) >= 11 is 5.59. The molecule has 0 spiro atoms. The Labute approximate surface area is 143 Å². The van der Waals surface area contributed by atoms with Gasteiger partial charge >= 0.3 is 6.18 Å². The lowest BCUT2D eigenvalue weighted by atomic mass is 9.90. The molecule has 4 nitrogen and oxygen atoms in total. The molecule has 0 aliphatic heterocycles. The van der Waals surface area contributed by atoms with Crippen molar-refractivity contribution < 1.29 is 22.8 Å². The molecule has 8 heteroatoms. The van der Waals surface area contributed by atoms with Gasteiger partial charge in [-0.25, -0.2) is 0 Å². The first kappa shape index (κ1) is 20.3. The predicted octanol–water partition coefficient (Wildman–Crippen LogP) is 4.24. The lowest BCUT2D eigenvalue weighted by Crippen LogP contribution is -2.45. The van der Waals surface area contributed by atoms with Gasteiger partial charge in [0.1, 0.15) is 5.41 Å². The summed E-state index contributed by atoms with van der Waals surface area (Å²) in [5.41, 5.74) is -3.02. The van der Waals surface area contributed by atoms with Crippen molar-refractivity contribution in [1.82, 2.24) is 5.32 Å². The zero-order valence-electron chi connectivity index (χ0n) is 13.7. The summed E-state index contributed by atoms with van der Waals surface area (Å²) in [7, 11) is 0. The maximum absolute atomic E-state index is 13.1. The highest BCUT2D eigenvalue weighted by Crippen LogP contribution is 2.37. The molecule has 134 valence electrons. The Morgan fingerprint density at radius 2 is 1.79 bits per heavy atom. The van der Waals surface area contributed by atoms with Gasteiger partial charge in [0.15, 0.2) is 0 Å². The predicted molar refractivity (Wildman–Crippen MR) is 86.8 cm³/mol. The highest BCUT2D eigenvalue weighted by Gasteiger charge is 2.39. The number of amides is 2. The Kier molecular flexibility index (Phi) is 6.66. The fourth-order valence-electron chi connectivity index (χ4n) is 1.84. The van der Waals surface area contributed by atoms with Gasteiger partial charge in [-0.1, -0.05) is 24.9 Å². The van der Waals surface area contributed by atoms with Crippen LogP contribution in [0.25, 0.3) is 0 Å². The number of anilines is 1. The first-order chi connectivity index (χ1) is 11.0. The third-order valence-electron chi connectivity index (χ3n) is 3.49. The van der Waals surface area contributed by atoms with E-state index in [0.717, 1.165) is 25.0 Å². The second-order valence-corrected chi connectivity index (χ2v) is 6.31. The minimum absolute atomic E-state index is 0.100. The minimum atomic E-state index is -4.68. The van der Waals surface area contributed by atoms with Crippen LogP contribution in [0.2, 0.25) is 5.02 Å². The standard InChI is InChI=1S/C16H20ClF3N2O2/c1-4-5-8-21-13(23)15(2,3)14(24)22-12-7-6-10(17)9-11(12)16(18,19)20/h6-7,9H,4-5,8H2,1-3H3,(H,21,23)(H,22,24). The second kappa shape index (κ2) is 7.88. The number of carbonyl (C=O) groups is 2. The Bertz CT molecular complexity index is 616. The van der Waals surface area contributed by atoms with Gasteiger partial charge in [-0.3, -0.25) is 9.59 Å². The molecular formula is C16H20ClF3N2O2. The molecule has 0 heterocycles. The van der Waals surface area contributed by atoms with E-state index in [4.69, 9.17) is 11.6 Å². The van der Waals surface area contributed by atoms with Crippen LogP contribution in [-0.2, 0) is 15.8 Å². The van der Waals surface area contributed by atoms with E-state index in [1.54, 1.807) is 0 Å². The summed E-state index contributed by atoms with van der Waals surface area (Å²) < 4.78 is 39.2. The van der Waals surface area contributed by atoms with Crippen LogP contribution >= 0.6 is 11.6 Å². The van der Waals surface area contributed by atoms with Crippen LogP contribution in [0.1, 0.15) is 39.2 Å². The number of carbonyl (C=O) groups excluding carboxylic acids is 2. The zero-order chi connectivity index (χ0) is 18.5. The zero-order valence-corrected chi connectivity index (χ0v) is 14.4. The molecule has 0 saturated carbocycles. The molecule has 0 bridgehead atoms. The van der Waals surface area contributed by atoms with Crippen molar-refractivity contribution >= 4 is 29.1 Å². The van der Waals surface area contributed by atoms with Crippen LogP contribution in [0.3, 0.4) is 0 Å². The van der Waals surface area contributed by atoms with Crippen molar-refractivity contribution in [3.63, 3.8) is 0 Å². The van der Waals surface area contributed by atoms with Crippen molar-refractivity contribution in [1.29, 1.82) is 0 Å². The number of benzene rings is 1. The van der Waals surface area contributed by atoms with E-state index in [2.05, 4.69) is 10.6 Å². The van der Waals surface area contributed by atoms with E-state index in [-0.39, 0.29) is 5.02 Å². The van der Waals surface area contributed by atoms with E-state index >= 15 is 0 Å². The fourth-order valence-corrected chi connectivity index (χ4v) is 2.01. The van der Waals surface area contributed by atoms with Gasteiger partial charge in [0, 0.05) is 11.6 Å². The summed E-state index contributed by atoms with van der Waals surface area (Å²) in [4.78, 5) is 24.4. The fraction of sp³-hybridized carbons (Fsp3) is 0.500. The van der Waals surface area contributed by atoms with Gasteiger partial charge in [0.05, 0.1) is 11.3 Å². The number of hydrogen-bond donors (Lipinski definition) is 2. The van der Waals surface area contributed by atoms with E-state index in [0.29, 0.717) is 6.54 Å². The number of rotatable bonds is 6. The van der Waals surface area contributed by atoms with Crippen LogP contribution in [0.15, 0.2) is 18.2 Å². The molecule has 0 fully saturated rings. The van der Waals surface area contributed by atoms with Crippen LogP contribution in [0.5, 0.6) is 0 Å². The summed E-state index contributed by atoms with van der Waals surface area (Å²) in [6, 6.07) is 3.03. The third-order valence-corrected chi connectivity index (χ3v) is 3.72. The SMILES string of the molecule is CCCCNC(=O)C(C)(C)C(=O)Nc1ccc(Cl)cc1C(F)(F)F. The number of halogens is 4. The molecule has 0 aliphatic carbocycles. The normalized spacial score (nSPS) is 12.0. The first-order valence-corrected chi connectivity index (χ1v) is 7.84. The Balaban J connectivity index is 2.96. The third kappa shape index (κ3) is 5.12. The molecule has 0 saturated heterocycles. The van der Waals surface area contributed by atoms with Gasteiger partial charge in [-0.05, 0) is 38.5 Å². The number of nitrogens with one attached hydrogen (secondary N) is 2. The van der Waals surface area contributed by atoms with Crippen LogP contribution < -0.4 is 10.6 Å². The molecule has 1 aromatic rings. The highest BCUT2D eigenvalue weighted by atomic mass is 35.5. The lowest BCUT2D eigenvalue weighted by Gasteiger charge is -2.24. The largest absolute Gasteiger partial charge is 0.418 e.